The van der Waals surface area contributed by atoms with E-state index >= 15 is 0 Å². The minimum atomic E-state index is -5.10. The van der Waals surface area contributed by atoms with Gasteiger partial charge in [0.2, 0.25) is 0 Å². The van der Waals surface area contributed by atoms with Crippen LogP contribution in [0.15, 0.2) is 6.20 Å². The van der Waals surface area contributed by atoms with Gasteiger partial charge in [-0.05, 0) is 0 Å². The largest absolute Gasteiger partial charge is 0.506 e. The summed E-state index contributed by atoms with van der Waals surface area (Å²) in [4.78, 5) is 3.02. The van der Waals surface area contributed by atoms with Gasteiger partial charge in [-0.3, -0.25) is 0 Å². The number of anilines is 1. The SMILES string of the molecule is Nc1ncc(O)c(C(F)(F)F)c1C(F)F. The Morgan fingerprint density at radius 3 is 2.20 bits per heavy atom. The first-order chi connectivity index (χ1) is 6.75. The van der Waals surface area contributed by atoms with Crippen LogP contribution < -0.4 is 5.73 Å². The summed E-state index contributed by atoms with van der Waals surface area (Å²) in [5.41, 5.74) is 1.55. The fourth-order valence-electron chi connectivity index (χ4n) is 1.05. The van der Waals surface area contributed by atoms with Crippen molar-refractivity contribution in [2.45, 2.75) is 12.6 Å². The Balaban J connectivity index is 3.53. The van der Waals surface area contributed by atoms with Gasteiger partial charge < -0.3 is 10.8 Å². The first-order valence-corrected chi connectivity index (χ1v) is 3.57. The summed E-state index contributed by atoms with van der Waals surface area (Å²) in [5.74, 6) is -2.32. The number of nitrogens with zero attached hydrogens (tertiary/aromatic N) is 1. The van der Waals surface area contributed by atoms with E-state index in [1.54, 1.807) is 0 Å². The highest BCUT2D eigenvalue weighted by molar-refractivity contribution is 5.52. The summed E-state index contributed by atoms with van der Waals surface area (Å²) in [5, 5.41) is 8.83. The predicted molar refractivity (Wildman–Crippen MR) is 40.3 cm³/mol. The van der Waals surface area contributed by atoms with Crippen LogP contribution in [0.3, 0.4) is 0 Å². The zero-order valence-electron chi connectivity index (χ0n) is 7.02. The van der Waals surface area contributed by atoms with Gasteiger partial charge in [-0.2, -0.15) is 13.2 Å². The van der Waals surface area contributed by atoms with Gasteiger partial charge in [0.1, 0.15) is 17.1 Å². The standard InChI is InChI=1S/C7H5F5N2O/c8-5(9)3-4(7(10,11)12)2(15)1-14-6(3)13/h1,5,15H,(H2,13,14). The molecule has 8 heteroatoms. The number of halogens is 5. The van der Waals surface area contributed by atoms with Gasteiger partial charge in [-0.1, -0.05) is 0 Å². The second-order valence-electron chi connectivity index (χ2n) is 2.62. The maximum absolute atomic E-state index is 12.3. The van der Waals surface area contributed by atoms with Crippen LogP contribution in [-0.4, -0.2) is 10.1 Å². The molecule has 0 saturated carbocycles. The normalized spacial score (nSPS) is 12.1. The van der Waals surface area contributed by atoms with Crippen LogP contribution >= 0.6 is 0 Å². The van der Waals surface area contributed by atoms with Crippen molar-refractivity contribution in [3.63, 3.8) is 0 Å². The van der Waals surface area contributed by atoms with E-state index in [1.807, 2.05) is 0 Å². The molecule has 0 aliphatic heterocycles. The lowest BCUT2D eigenvalue weighted by atomic mass is 10.1. The van der Waals surface area contributed by atoms with Crippen molar-refractivity contribution in [3.05, 3.63) is 17.3 Å². The Morgan fingerprint density at radius 1 is 1.33 bits per heavy atom. The van der Waals surface area contributed by atoms with Gasteiger partial charge >= 0.3 is 6.18 Å². The number of hydrogen-bond acceptors (Lipinski definition) is 3. The van der Waals surface area contributed by atoms with Gasteiger partial charge in [0.15, 0.2) is 0 Å². The summed E-state index contributed by atoms with van der Waals surface area (Å²) in [6, 6.07) is 0. The molecule has 0 unspecified atom stereocenters. The van der Waals surface area contributed by atoms with Crippen LogP contribution in [0.25, 0.3) is 0 Å². The van der Waals surface area contributed by atoms with Crippen molar-refractivity contribution < 1.29 is 27.1 Å². The quantitative estimate of drug-likeness (QED) is 0.725. The minimum absolute atomic E-state index is 0.379. The molecule has 0 amide bonds. The van der Waals surface area contributed by atoms with E-state index in [1.165, 1.54) is 0 Å². The molecule has 1 rings (SSSR count). The monoisotopic (exact) mass is 228 g/mol. The second kappa shape index (κ2) is 3.52. The third-order valence-electron chi connectivity index (χ3n) is 1.63. The Labute approximate surface area is 80.3 Å². The van der Waals surface area contributed by atoms with Crippen LogP contribution in [0.1, 0.15) is 17.6 Å². The number of rotatable bonds is 1. The van der Waals surface area contributed by atoms with Crippen LogP contribution in [0.5, 0.6) is 5.75 Å². The summed E-state index contributed by atoms with van der Waals surface area (Å²) in [7, 11) is 0. The molecule has 0 aliphatic carbocycles. The van der Waals surface area contributed by atoms with Crippen LogP contribution in [0.2, 0.25) is 0 Å². The number of pyridine rings is 1. The molecule has 0 spiro atoms. The first-order valence-electron chi connectivity index (χ1n) is 3.57. The molecule has 3 nitrogen and oxygen atoms in total. The summed E-state index contributed by atoms with van der Waals surface area (Å²) >= 11 is 0. The van der Waals surface area contributed by atoms with Crippen molar-refractivity contribution in [1.82, 2.24) is 4.98 Å². The number of nitrogens with two attached hydrogens (primary N) is 1. The van der Waals surface area contributed by atoms with E-state index in [9.17, 15) is 22.0 Å². The van der Waals surface area contributed by atoms with Crippen LogP contribution in [-0.2, 0) is 6.18 Å². The maximum atomic E-state index is 12.3. The Kier molecular flexibility index (Phi) is 2.69. The number of alkyl halides is 5. The van der Waals surface area contributed by atoms with Crippen LogP contribution in [0, 0.1) is 0 Å². The molecule has 3 N–H and O–H groups in total. The molecule has 0 saturated heterocycles. The lowest BCUT2D eigenvalue weighted by Gasteiger charge is -2.14. The average Bonchev–Trinajstić information content (AvgIpc) is 2.05. The summed E-state index contributed by atoms with van der Waals surface area (Å²) in [6.45, 7) is 0. The fourth-order valence-corrected chi connectivity index (χ4v) is 1.05. The molecule has 0 aliphatic rings. The van der Waals surface area contributed by atoms with Crippen molar-refractivity contribution in [3.8, 4) is 5.75 Å². The van der Waals surface area contributed by atoms with E-state index in [4.69, 9.17) is 10.8 Å². The lowest BCUT2D eigenvalue weighted by Crippen LogP contribution is -2.13. The van der Waals surface area contributed by atoms with Crippen molar-refractivity contribution in [2.75, 3.05) is 5.73 Å². The first kappa shape index (κ1) is 11.5. The molecule has 84 valence electrons. The highest BCUT2D eigenvalue weighted by Crippen LogP contribution is 2.42. The zero-order chi connectivity index (χ0) is 11.8. The number of aromatic nitrogens is 1. The van der Waals surface area contributed by atoms with E-state index in [0.717, 1.165) is 0 Å². The Bertz CT molecular complexity index is 376. The van der Waals surface area contributed by atoms with Crippen molar-refractivity contribution in [1.29, 1.82) is 0 Å². The van der Waals surface area contributed by atoms with Crippen LogP contribution in [0.4, 0.5) is 27.8 Å². The highest BCUT2D eigenvalue weighted by atomic mass is 19.4. The molecule has 0 fully saturated rings. The van der Waals surface area contributed by atoms with E-state index < -0.39 is 35.3 Å². The summed E-state index contributed by atoms with van der Waals surface area (Å²) < 4.78 is 61.4. The molecule has 1 aromatic heterocycles. The highest BCUT2D eigenvalue weighted by Gasteiger charge is 2.40. The molecule has 0 aromatic carbocycles. The average molecular weight is 228 g/mol. The molecule has 0 atom stereocenters. The Hall–Kier alpha value is -1.60. The minimum Gasteiger partial charge on any atom is -0.506 e. The maximum Gasteiger partial charge on any atom is 0.420 e. The number of aromatic hydroxyl groups is 1. The van der Waals surface area contributed by atoms with E-state index in [2.05, 4.69) is 4.98 Å². The fraction of sp³-hybridized carbons (Fsp3) is 0.286. The number of hydrogen-bond donors (Lipinski definition) is 2. The third kappa shape index (κ3) is 2.08. The smallest absolute Gasteiger partial charge is 0.420 e. The molecular weight excluding hydrogens is 223 g/mol. The molecule has 0 bridgehead atoms. The van der Waals surface area contributed by atoms with E-state index in [-0.39, 0.29) is 0 Å². The van der Waals surface area contributed by atoms with Gasteiger partial charge in [0, 0.05) is 0 Å². The van der Waals surface area contributed by atoms with Gasteiger partial charge in [0.25, 0.3) is 6.43 Å². The second-order valence-corrected chi connectivity index (χ2v) is 2.62. The molecule has 0 radical (unpaired) electrons. The Morgan fingerprint density at radius 2 is 1.87 bits per heavy atom. The topological polar surface area (TPSA) is 59.1 Å². The van der Waals surface area contributed by atoms with Crippen molar-refractivity contribution >= 4 is 5.82 Å². The summed E-state index contributed by atoms with van der Waals surface area (Å²) in [6.07, 6.45) is -8.18. The molecule has 1 heterocycles. The third-order valence-corrected chi connectivity index (χ3v) is 1.63. The lowest BCUT2D eigenvalue weighted by molar-refractivity contribution is -0.140. The molecule has 1 aromatic rings. The van der Waals surface area contributed by atoms with E-state index in [0.29, 0.717) is 6.20 Å². The van der Waals surface area contributed by atoms with Gasteiger partial charge in [-0.15, -0.1) is 0 Å². The van der Waals surface area contributed by atoms with Gasteiger partial charge in [-0.25, -0.2) is 13.8 Å². The van der Waals surface area contributed by atoms with Gasteiger partial charge in [0.05, 0.1) is 11.8 Å². The predicted octanol–water partition coefficient (Wildman–Crippen LogP) is 2.33. The van der Waals surface area contributed by atoms with Crippen molar-refractivity contribution in [2.24, 2.45) is 0 Å². The number of nitrogen functional groups attached to an aromatic ring is 1. The molecular formula is C7H5F5N2O. The zero-order valence-corrected chi connectivity index (χ0v) is 7.02. The molecule has 15 heavy (non-hydrogen) atoms.